The summed E-state index contributed by atoms with van der Waals surface area (Å²) in [5.41, 5.74) is -0.944. The maximum Gasteiger partial charge on any atom is 0.260 e. The SMILES string of the molecule is CN(CC(C)(C)O)C(=O)COc1ccc(F)cc1. The standard InChI is InChI=1S/C13H18FNO3/c1-13(2,17)9-15(3)12(16)8-18-11-6-4-10(14)5-7-11/h4-7,17H,8-9H2,1-3H3. The van der Waals surface area contributed by atoms with Gasteiger partial charge >= 0.3 is 0 Å². The van der Waals surface area contributed by atoms with E-state index >= 15 is 0 Å². The van der Waals surface area contributed by atoms with Gasteiger partial charge in [-0.1, -0.05) is 0 Å². The number of ether oxygens (including phenoxy) is 1. The zero-order valence-electron chi connectivity index (χ0n) is 10.8. The summed E-state index contributed by atoms with van der Waals surface area (Å²) in [5, 5.41) is 9.58. The van der Waals surface area contributed by atoms with Crippen LogP contribution in [0.15, 0.2) is 24.3 Å². The van der Waals surface area contributed by atoms with E-state index in [1.165, 1.54) is 29.2 Å². The zero-order valence-corrected chi connectivity index (χ0v) is 10.8. The van der Waals surface area contributed by atoms with Crippen LogP contribution < -0.4 is 4.74 Å². The molecule has 0 aliphatic heterocycles. The van der Waals surface area contributed by atoms with Crippen molar-refractivity contribution in [2.45, 2.75) is 19.4 Å². The fraction of sp³-hybridized carbons (Fsp3) is 0.462. The number of benzene rings is 1. The van der Waals surface area contributed by atoms with Crippen molar-refractivity contribution < 1.29 is 19.0 Å². The van der Waals surface area contributed by atoms with E-state index in [4.69, 9.17) is 4.74 Å². The molecule has 0 saturated carbocycles. The molecule has 0 unspecified atom stereocenters. The van der Waals surface area contributed by atoms with Crippen LogP contribution in [0.4, 0.5) is 4.39 Å². The highest BCUT2D eigenvalue weighted by Crippen LogP contribution is 2.11. The van der Waals surface area contributed by atoms with Crippen molar-refractivity contribution in [1.29, 1.82) is 0 Å². The van der Waals surface area contributed by atoms with Gasteiger partial charge in [-0.25, -0.2) is 4.39 Å². The first kappa shape index (κ1) is 14.4. The summed E-state index contributed by atoms with van der Waals surface area (Å²) in [6.45, 7) is 3.33. The van der Waals surface area contributed by atoms with E-state index in [9.17, 15) is 14.3 Å². The van der Waals surface area contributed by atoms with Gasteiger partial charge < -0.3 is 14.7 Å². The third-order valence-corrected chi connectivity index (χ3v) is 2.23. The highest BCUT2D eigenvalue weighted by molar-refractivity contribution is 5.77. The molecule has 0 aliphatic carbocycles. The van der Waals surface area contributed by atoms with E-state index in [-0.39, 0.29) is 24.9 Å². The van der Waals surface area contributed by atoms with Crippen molar-refractivity contribution >= 4 is 5.91 Å². The van der Waals surface area contributed by atoms with E-state index in [0.717, 1.165) is 0 Å². The molecule has 1 aromatic carbocycles. The Morgan fingerprint density at radius 2 is 1.94 bits per heavy atom. The predicted octanol–water partition coefficient (Wildman–Crippen LogP) is 1.43. The predicted molar refractivity (Wildman–Crippen MR) is 65.8 cm³/mol. The third kappa shape index (κ3) is 5.14. The molecule has 0 spiro atoms. The summed E-state index contributed by atoms with van der Waals surface area (Å²) in [6, 6.07) is 5.44. The molecule has 0 saturated heterocycles. The molecule has 5 heteroatoms. The molecule has 0 aliphatic rings. The van der Waals surface area contributed by atoms with Crippen LogP contribution in [0.25, 0.3) is 0 Å². The summed E-state index contributed by atoms with van der Waals surface area (Å²) in [5.74, 6) is -0.171. The fourth-order valence-corrected chi connectivity index (χ4v) is 1.45. The van der Waals surface area contributed by atoms with E-state index < -0.39 is 5.60 Å². The van der Waals surface area contributed by atoms with Gasteiger partial charge in [-0.15, -0.1) is 0 Å². The first-order chi connectivity index (χ1) is 8.28. The average Bonchev–Trinajstić information content (AvgIpc) is 2.25. The number of aliphatic hydroxyl groups is 1. The number of halogens is 1. The lowest BCUT2D eigenvalue weighted by Gasteiger charge is -2.25. The lowest BCUT2D eigenvalue weighted by Crippen LogP contribution is -2.41. The van der Waals surface area contributed by atoms with E-state index in [1.54, 1.807) is 20.9 Å². The molecule has 0 atom stereocenters. The van der Waals surface area contributed by atoms with Gasteiger partial charge in [0, 0.05) is 13.6 Å². The average molecular weight is 255 g/mol. The highest BCUT2D eigenvalue weighted by Gasteiger charge is 2.19. The van der Waals surface area contributed by atoms with Gasteiger partial charge in [0.25, 0.3) is 5.91 Å². The second kappa shape index (κ2) is 5.82. The Morgan fingerprint density at radius 1 is 1.39 bits per heavy atom. The molecule has 4 nitrogen and oxygen atoms in total. The molecule has 0 aromatic heterocycles. The van der Waals surface area contributed by atoms with E-state index in [1.807, 2.05) is 0 Å². The van der Waals surface area contributed by atoms with Crippen molar-refractivity contribution in [3.05, 3.63) is 30.1 Å². The minimum Gasteiger partial charge on any atom is -0.484 e. The minimum absolute atomic E-state index is 0.141. The minimum atomic E-state index is -0.944. The summed E-state index contributed by atoms with van der Waals surface area (Å²) in [4.78, 5) is 13.1. The number of carbonyl (C=O) groups is 1. The first-order valence-electron chi connectivity index (χ1n) is 5.63. The normalized spacial score (nSPS) is 11.2. The largest absolute Gasteiger partial charge is 0.484 e. The number of likely N-dealkylation sites (N-methyl/N-ethyl adjacent to an activating group) is 1. The molecule has 1 N–H and O–H groups in total. The fourth-order valence-electron chi connectivity index (χ4n) is 1.45. The van der Waals surface area contributed by atoms with Gasteiger partial charge in [0.15, 0.2) is 6.61 Å². The Morgan fingerprint density at radius 3 is 2.44 bits per heavy atom. The Labute approximate surface area is 106 Å². The van der Waals surface area contributed by atoms with Crippen LogP contribution in [0.2, 0.25) is 0 Å². The smallest absolute Gasteiger partial charge is 0.260 e. The summed E-state index contributed by atoms with van der Waals surface area (Å²) >= 11 is 0. The van der Waals surface area contributed by atoms with Crippen LogP contribution in [0, 0.1) is 5.82 Å². The van der Waals surface area contributed by atoms with Crippen molar-refractivity contribution in [3.8, 4) is 5.75 Å². The van der Waals surface area contributed by atoms with Crippen LogP contribution in [0.3, 0.4) is 0 Å². The van der Waals surface area contributed by atoms with Crippen LogP contribution in [-0.4, -0.2) is 41.7 Å². The number of carbonyl (C=O) groups excluding carboxylic acids is 1. The molecule has 0 radical (unpaired) electrons. The van der Waals surface area contributed by atoms with Gasteiger partial charge in [-0.2, -0.15) is 0 Å². The van der Waals surface area contributed by atoms with Gasteiger partial charge in [-0.05, 0) is 38.1 Å². The molecule has 0 bridgehead atoms. The summed E-state index contributed by atoms with van der Waals surface area (Å²) < 4.78 is 17.9. The second-order valence-electron chi connectivity index (χ2n) is 4.80. The van der Waals surface area contributed by atoms with Crippen molar-refractivity contribution in [1.82, 2.24) is 4.90 Å². The second-order valence-corrected chi connectivity index (χ2v) is 4.80. The Balaban J connectivity index is 2.43. The van der Waals surface area contributed by atoms with Gasteiger partial charge in [0.2, 0.25) is 0 Å². The number of amides is 1. The molecule has 0 heterocycles. The maximum atomic E-state index is 12.6. The Bertz CT molecular complexity index is 398. The van der Waals surface area contributed by atoms with Gasteiger partial charge in [0.1, 0.15) is 11.6 Å². The molecule has 1 aromatic rings. The van der Waals surface area contributed by atoms with Crippen molar-refractivity contribution in [3.63, 3.8) is 0 Å². The van der Waals surface area contributed by atoms with Gasteiger partial charge in [0.05, 0.1) is 5.60 Å². The summed E-state index contributed by atoms with van der Waals surface area (Å²) in [6.07, 6.45) is 0. The monoisotopic (exact) mass is 255 g/mol. The molecule has 1 amide bonds. The number of rotatable bonds is 5. The molecule has 1 rings (SSSR count). The van der Waals surface area contributed by atoms with E-state index in [2.05, 4.69) is 0 Å². The van der Waals surface area contributed by atoms with Crippen LogP contribution >= 0.6 is 0 Å². The van der Waals surface area contributed by atoms with Crippen LogP contribution in [0.1, 0.15) is 13.8 Å². The molecular formula is C13H18FNO3. The lowest BCUT2D eigenvalue weighted by molar-refractivity contribution is -0.134. The van der Waals surface area contributed by atoms with E-state index in [0.29, 0.717) is 5.75 Å². The molecular weight excluding hydrogens is 237 g/mol. The summed E-state index contributed by atoms with van der Waals surface area (Å²) in [7, 11) is 1.59. The number of hydrogen-bond acceptors (Lipinski definition) is 3. The van der Waals surface area contributed by atoms with Crippen LogP contribution in [-0.2, 0) is 4.79 Å². The highest BCUT2D eigenvalue weighted by atomic mass is 19.1. The lowest BCUT2D eigenvalue weighted by atomic mass is 10.1. The topological polar surface area (TPSA) is 49.8 Å². The van der Waals surface area contributed by atoms with Crippen molar-refractivity contribution in [2.75, 3.05) is 20.2 Å². The first-order valence-corrected chi connectivity index (χ1v) is 5.63. The Hall–Kier alpha value is -1.62. The molecule has 18 heavy (non-hydrogen) atoms. The molecule has 100 valence electrons. The quantitative estimate of drug-likeness (QED) is 0.866. The van der Waals surface area contributed by atoms with Crippen LogP contribution in [0.5, 0.6) is 5.75 Å². The maximum absolute atomic E-state index is 12.6. The number of hydrogen-bond donors (Lipinski definition) is 1. The zero-order chi connectivity index (χ0) is 13.8. The van der Waals surface area contributed by atoms with Crippen molar-refractivity contribution in [2.24, 2.45) is 0 Å². The molecule has 0 fully saturated rings. The van der Waals surface area contributed by atoms with Gasteiger partial charge in [-0.3, -0.25) is 4.79 Å². The number of nitrogens with zero attached hydrogens (tertiary/aromatic N) is 1. The Kier molecular flexibility index (Phi) is 4.67. The third-order valence-electron chi connectivity index (χ3n) is 2.23.